The average Bonchev–Trinajstić information content (AvgIpc) is 2.50. The minimum absolute atomic E-state index is 0.160. The summed E-state index contributed by atoms with van der Waals surface area (Å²) in [6, 6.07) is 8.42. The lowest BCUT2D eigenvalue weighted by Crippen LogP contribution is -1.98. The third kappa shape index (κ3) is 5.40. The summed E-state index contributed by atoms with van der Waals surface area (Å²) >= 11 is 0. The molecule has 0 aliphatic carbocycles. The number of carbonyl (C=O) groups is 1. The summed E-state index contributed by atoms with van der Waals surface area (Å²) in [5.41, 5.74) is 6.16. The lowest BCUT2D eigenvalue weighted by Gasteiger charge is -2.06. The van der Waals surface area contributed by atoms with Crippen molar-refractivity contribution in [2.24, 2.45) is 5.73 Å². The van der Waals surface area contributed by atoms with Gasteiger partial charge in [-0.15, -0.1) is 0 Å². The number of rotatable bonds is 4. The largest absolute Gasteiger partial charge is 0.508 e. The zero-order chi connectivity index (χ0) is 17.4. The van der Waals surface area contributed by atoms with E-state index in [1.54, 1.807) is 18.2 Å². The first-order valence-corrected chi connectivity index (χ1v) is 6.79. The van der Waals surface area contributed by atoms with Crippen LogP contribution in [0.4, 0.5) is 0 Å². The van der Waals surface area contributed by atoms with Gasteiger partial charge in [-0.2, -0.15) is 0 Å². The van der Waals surface area contributed by atoms with Crippen molar-refractivity contribution >= 4 is 5.97 Å². The molecule has 7 nitrogen and oxygen atoms in total. The molecule has 0 spiro atoms. The second-order valence-corrected chi connectivity index (χ2v) is 4.45. The number of nitrogens with two attached hydrogens (primary N) is 1. The SMILES string of the molecule is CCOc1cc(CN)ccc1O.O=C(O)c1ccc(O)cc1O. The molecule has 2 rings (SSSR count). The van der Waals surface area contributed by atoms with Gasteiger partial charge in [0.1, 0.15) is 17.1 Å². The zero-order valence-corrected chi connectivity index (χ0v) is 12.6. The molecule has 124 valence electrons. The molecule has 0 heterocycles. The highest BCUT2D eigenvalue weighted by molar-refractivity contribution is 5.90. The second kappa shape index (κ2) is 8.50. The molecule has 0 aliphatic heterocycles. The van der Waals surface area contributed by atoms with Crippen LogP contribution < -0.4 is 10.5 Å². The summed E-state index contributed by atoms with van der Waals surface area (Å²) < 4.78 is 5.17. The van der Waals surface area contributed by atoms with E-state index in [4.69, 9.17) is 25.8 Å². The van der Waals surface area contributed by atoms with Crippen LogP contribution in [0, 0.1) is 0 Å². The minimum Gasteiger partial charge on any atom is -0.508 e. The summed E-state index contributed by atoms with van der Waals surface area (Å²) in [5.74, 6) is -1.15. The van der Waals surface area contributed by atoms with Gasteiger partial charge in [0.2, 0.25) is 0 Å². The van der Waals surface area contributed by atoms with E-state index < -0.39 is 11.7 Å². The normalized spacial score (nSPS) is 9.65. The van der Waals surface area contributed by atoms with Gasteiger partial charge in [-0.25, -0.2) is 4.79 Å². The van der Waals surface area contributed by atoms with Crippen LogP contribution in [-0.2, 0) is 6.54 Å². The smallest absolute Gasteiger partial charge is 0.339 e. The van der Waals surface area contributed by atoms with Gasteiger partial charge in [-0.05, 0) is 36.8 Å². The fourth-order valence-corrected chi connectivity index (χ4v) is 1.66. The van der Waals surface area contributed by atoms with Gasteiger partial charge in [0, 0.05) is 12.6 Å². The minimum atomic E-state index is -1.22. The molecule has 2 aromatic carbocycles. The molecule has 0 radical (unpaired) electrons. The Morgan fingerprint density at radius 3 is 2.30 bits per heavy atom. The molecule has 6 N–H and O–H groups in total. The van der Waals surface area contributed by atoms with E-state index in [-0.39, 0.29) is 17.1 Å². The number of aromatic carboxylic acids is 1. The highest BCUT2D eigenvalue weighted by atomic mass is 16.5. The number of hydrogen-bond acceptors (Lipinski definition) is 6. The quantitative estimate of drug-likeness (QED) is 0.582. The van der Waals surface area contributed by atoms with E-state index in [1.165, 1.54) is 6.07 Å². The van der Waals surface area contributed by atoms with Crippen LogP contribution in [0.15, 0.2) is 36.4 Å². The van der Waals surface area contributed by atoms with Crippen molar-refractivity contribution < 1.29 is 30.0 Å². The van der Waals surface area contributed by atoms with Crippen molar-refractivity contribution in [2.75, 3.05) is 6.61 Å². The molecule has 0 aromatic heterocycles. The fraction of sp³-hybridized carbons (Fsp3) is 0.188. The number of hydrogen-bond donors (Lipinski definition) is 5. The topological polar surface area (TPSA) is 133 Å². The number of ether oxygens (including phenoxy) is 1. The number of phenols is 3. The van der Waals surface area contributed by atoms with Gasteiger partial charge in [0.25, 0.3) is 0 Å². The Kier molecular flexibility index (Phi) is 6.69. The predicted octanol–water partition coefficient (Wildman–Crippen LogP) is 2.05. The Hall–Kier alpha value is -2.93. The molecule has 0 aliphatic rings. The Labute approximate surface area is 133 Å². The molecule has 2 aromatic rings. The first-order valence-electron chi connectivity index (χ1n) is 6.79. The Morgan fingerprint density at radius 2 is 1.78 bits per heavy atom. The van der Waals surface area contributed by atoms with E-state index in [9.17, 15) is 9.90 Å². The summed E-state index contributed by atoms with van der Waals surface area (Å²) in [6.45, 7) is 2.87. The van der Waals surface area contributed by atoms with Crippen molar-refractivity contribution in [1.82, 2.24) is 0 Å². The predicted molar refractivity (Wildman–Crippen MR) is 83.9 cm³/mol. The Balaban J connectivity index is 0.000000231. The fourth-order valence-electron chi connectivity index (χ4n) is 1.66. The summed E-state index contributed by atoms with van der Waals surface area (Å²) in [5, 5.41) is 35.4. The van der Waals surface area contributed by atoms with E-state index >= 15 is 0 Å². The third-order valence-corrected chi connectivity index (χ3v) is 2.77. The summed E-state index contributed by atoms with van der Waals surface area (Å²) in [7, 11) is 0. The van der Waals surface area contributed by atoms with E-state index in [0.29, 0.717) is 18.9 Å². The van der Waals surface area contributed by atoms with E-state index in [0.717, 1.165) is 17.7 Å². The first-order chi connectivity index (χ1) is 10.9. The third-order valence-electron chi connectivity index (χ3n) is 2.77. The van der Waals surface area contributed by atoms with Crippen LogP contribution in [0.1, 0.15) is 22.8 Å². The highest BCUT2D eigenvalue weighted by Gasteiger charge is 2.08. The van der Waals surface area contributed by atoms with Crippen LogP contribution in [0.5, 0.6) is 23.0 Å². The van der Waals surface area contributed by atoms with Gasteiger partial charge in [-0.1, -0.05) is 6.07 Å². The highest BCUT2D eigenvalue weighted by Crippen LogP contribution is 2.26. The maximum absolute atomic E-state index is 10.3. The van der Waals surface area contributed by atoms with Crippen LogP contribution >= 0.6 is 0 Å². The van der Waals surface area contributed by atoms with Crippen molar-refractivity contribution in [3.05, 3.63) is 47.5 Å². The number of carboxylic acids is 1. The van der Waals surface area contributed by atoms with Gasteiger partial charge in [-0.3, -0.25) is 0 Å². The lowest BCUT2D eigenvalue weighted by molar-refractivity contribution is 0.0693. The molecule has 0 unspecified atom stereocenters. The Bertz CT molecular complexity index is 672. The standard InChI is InChI=1S/C9H13NO2.C7H6O4/c1-2-12-9-5-7(6-10)3-4-8(9)11;8-4-1-2-5(7(10)11)6(9)3-4/h3-5,11H,2,6,10H2,1H3;1-3,8-9H,(H,10,11). The van der Waals surface area contributed by atoms with Crippen molar-refractivity contribution in [2.45, 2.75) is 13.5 Å². The van der Waals surface area contributed by atoms with Crippen molar-refractivity contribution in [3.63, 3.8) is 0 Å². The maximum atomic E-state index is 10.3. The Morgan fingerprint density at radius 1 is 1.09 bits per heavy atom. The molecule has 0 saturated heterocycles. The van der Waals surface area contributed by atoms with Gasteiger partial charge >= 0.3 is 5.97 Å². The lowest BCUT2D eigenvalue weighted by atomic mass is 10.2. The molecule has 0 saturated carbocycles. The molecule has 23 heavy (non-hydrogen) atoms. The molecular formula is C16H19NO6. The number of benzene rings is 2. The average molecular weight is 321 g/mol. The number of carboxylic acid groups (broad SMARTS) is 1. The van der Waals surface area contributed by atoms with Crippen molar-refractivity contribution in [3.8, 4) is 23.0 Å². The first kappa shape index (κ1) is 18.1. The number of phenolic OH excluding ortho intramolecular Hbond substituents is 2. The van der Waals surface area contributed by atoms with Crippen molar-refractivity contribution in [1.29, 1.82) is 0 Å². The number of aromatic hydroxyl groups is 3. The summed E-state index contributed by atoms with van der Waals surface area (Å²) in [6.07, 6.45) is 0. The van der Waals surface area contributed by atoms with Crippen LogP contribution in [0.3, 0.4) is 0 Å². The molecule has 0 fully saturated rings. The van der Waals surface area contributed by atoms with E-state index in [2.05, 4.69) is 0 Å². The molecule has 7 heteroatoms. The van der Waals surface area contributed by atoms with Crippen LogP contribution in [0.2, 0.25) is 0 Å². The molecule has 0 amide bonds. The molecule has 0 atom stereocenters. The molecule has 0 bridgehead atoms. The summed E-state index contributed by atoms with van der Waals surface area (Å²) in [4.78, 5) is 10.3. The monoisotopic (exact) mass is 321 g/mol. The van der Waals surface area contributed by atoms with Crippen LogP contribution in [0.25, 0.3) is 0 Å². The van der Waals surface area contributed by atoms with Crippen LogP contribution in [-0.4, -0.2) is 33.0 Å². The molecular weight excluding hydrogens is 302 g/mol. The maximum Gasteiger partial charge on any atom is 0.339 e. The van der Waals surface area contributed by atoms with E-state index in [1.807, 2.05) is 6.92 Å². The second-order valence-electron chi connectivity index (χ2n) is 4.45. The van der Waals surface area contributed by atoms with Gasteiger partial charge in [0.15, 0.2) is 11.5 Å². The zero-order valence-electron chi connectivity index (χ0n) is 12.6. The van der Waals surface area contributed by atoms with Gasteiger partial charge in [0.05, 0.1) is 6.61 Å². The van der Waals surface area contributed by atoms with Gasteiger partial charge < -0.3 is 30.9 Å².